The molecule has 0 saturated heterocycles. The predicted octanol–water partition coefficient (Wildman–Crippen LogP) is 2.14. The summed E-state index contributed by atoms with van der Waals surface area (Å²) in [5.74, 6) is -0.968. The van der Waals surface area contributed by atoms with Gasteiger partial charge in [0.15, 0.2) is 5.65 Å². The van der Waals surface area contributed by atoms with E-state index < -0.39 is 12.0 Å². The van der Waals surface area contributed by atoms with Crippen molar-refractivity contribution in [2.45, 2.75) is 26.1 Å². The summed E-state index contributed by atoms with van der Waals surface area (Å²) in [6.07, 6.45) is -2.80. The largest absolute Gasteiger partial charge is 0.449 e. The van der Waals surface area contributed by atoms with Gasteiger partial charge in [-0.2, -0.15) is 13.2 Å². The first-order valence-corrected chi connectivity index (χ1v) is 5.44. The second-order valence-electron chi connectivity index (χ2n) is 4.02. The van der Waals surface area contributed by atoms with Crippen LogP contribution in [0, 0.1) is 6.92 Å². The van der Waals surface area contributed by atoms with Crippen molar-refractivity contribution < 1.29 is 18.3 Å². The second kappa shape index (κ2) is 4.56. The van der Waals surface area contributed by atoms with Gasteiger partial charge in [0, 0.05) is 19.3 Å². The van der Waals surface area contributed by atoms with E-state index >= 15 is 0 Å². The molecule has 98 valence electrons. The Labute approximate surface area is 101 Å². The van der Waals surface area contributed by atoms with Crippen molar-refractivity contribution in [3.05, 3.63) is 23.7 Å². The highest BCUT2D eigenvalue weighted by Gasteiger charge is 2.37. The fourth-order valence-electron chi connectivity index (χ4n) is 1.77. The number of imidazole rings is 1. The minimum Gasteiger partial charge on any atom is -0.396 e. The lowest BCUT2D eigenvalue weighted by molar-refractivity contribution is -0.147. The number of rotatable bonds is 3. The van der Waals surface area contributed by atoms with Crippen LogP contribution in [0.3, 0.4) is 0 Å². The molecule has 0 aliphatic carbocycles. The Morgan fingerprint density at radius 2 is 2.11 bits per heavy atom. The molecular formula is C11H12F3N3O. The number of hydrogen-bond donors (Lipinski definition) is 1. The summed E-state index contributed by atoms with van der Waals surface area (Å²) in [7, 11) is 0. The van der Waals surface area contributed by atoms with Crippen molar-refractivity contribution in [3.8, 4) is 0 Å². The van der Waals surface area contributed by atoms with Crippen molar-refractivity contribution in [2.75, 3.05) is 6.61 Å². The van der Waals surface area contributed by atoms with Crippen molar-refractivity contribution >= 4 is 11.2 Å². The van der Waals surface area contributed by atoms with Crippen LogP contribution in [0.2, 0.25) is 0 Å². The van der Waals surface area contributed by atoms with Gasteiger partial charge in [0.05, 0.1) is 0 Å². The number of aliphatic hydroxyl groups excluding tert-OH is 1. The maximum absolute atomic E-state index is 12.8. The third-order valence-corrected chi connectivity index (χ3v) is 2.52. The van der Waals surface area contributed by atoms with E-state index in [0.717, 1.165) is 10.1 Å². The number of aryl methyl sites for hydroxylation is 2. The molecule has 0 spiro atoms. The molecule has 0 unspecified atom stereocenters. The lowest BCUT2D eigenvalue weighted by Gasteiger charge is -2.09. The van der Waals surface area contributed by atoms with Gasteiger partial charge in [-0.15, -0.1) is 0 Å². The summed E-state index contributed by atoms with van der Waals surface area (Å²) in [6, 6.07) is 1.56. The highest BCUT2D eigenvalue weighted by atomic mass is 19.4. The predicted molar refractivity (Wildman–Crippen MR) is 59.0 cm³/mol. The maximum atomic E-state index is 12.8. The van der Waals surface area contributed by atoms with Gasteiger partial charge >= 0.3 is 6.18 Å². The zero-order valence-electron chi connectivity index (χ0n) is 9.70. The molecule has 0 aliphatic heterocycles. The van der Waals surface area contributed by atoms with E-state index in [0.29, 0.717) is 0 Å². The van der Waals surface area contributed by atoms with Gasteiger partial charge in [0.25, 0.3) is 0 Å². The zero-order chi connectivity index (χ0) is 13.3. The van der Waals surface area contributed by atoms with Crippen LogP contribution in [-0.4, -0.2) is 26.2 Å². The van der Waals surface area contributed by atoms with Crippen LogP contribution in [0.5, 0.6) is 0 Å². The zero-order valence-corrected chi connectivity index (χ0v) is 9.70. The normalized spacial score (nSPS) is 12.3. The molecule has 1 N–H and O–H groups in total. The summed E-state index contributed by atoms with van der Waals surface area (Å²) >= 11 is 0. The van der Waals surface area contributed by atoms with E-state index in [1.807, 2.05) is 0 Å². The summed E-state index contributed by atoms with van der Waals surface area (Å²) in [5.41, 5.74) is 1.17. The van der Waals surface area contributed by atoms with Crippen LogP contribution in [0.25, 0.3) is 11.2 Å². The molecule has 7 heteroatoms. The Morgan fingerprint density at radius 3 is 2.72 bits per heavy atom. The van der Waals surface area contributed by atoms with Crippen LogP contribution >= 0.6 is 0 Å². The first-order chi connectivity index (χ1) is 8.43. The molecule has 0 fully saturated rings. The third-order valence-electron chi connectivity index (χ3n) is 2.52. The minimum absolute atomic E-state index is 0.0396. The second-order valence-corrected chi connectivity index (χ2v) is 4.02. The van der Waals surface area contributed by atoms with Gasteiger partial charge in [-0.05, 0) is 25.0 Å². The van der Waals surface area contributed by atoms with Crippen LogP contribution < -0.4 is 0 Å². The van der Waals surface area contributed by atoms with E-state index in [1.54, 1.807) is 13.0 Å². The smallest absolute Gasteiger partial charge is 0.396 e. The Morgan fingerprint density at radius 1 is 1.39 bits per heavy atom. The Balaban J connectivity index is 2.60. The van der Waals surface area contributed by atoms with Crippen molar-refractivity contribution in [1.29, 1.82) is 0 Å². The lowest BCUT2D eigenvalue weighted by Crippen LogP contribution is -2.15. The number of alkyl halides is 3. The number of aliphatic hydroxyl groups is 1. The van der Waals surface area contributed by atoms with Gasteiger partial charge in [-0.3, -0.25) is 0 Å². The van der Waals surface area contributed by atoms with E-state index in [4.69, 9.17) is 5.11 Å². The quantitative estimate of drug-likeness (QED) is 0.918. The molecule has 0 atom stereocenters. The van der Waals surface area contributed by atoms with Crippen molar-refractivity contribution in [3.63, 3.8) is 0 Å². The Kier molecular flexibility index (Phi) is 3.25. The van der Waals surface area contributed by atoms with Crippen LogP contribution in [0.4, 0.5) is 13.2 Å². The summed E-state index contributed by atoms with van der Waals surface area (Å²) in [5, 5.41) is 8.74. The molecule has 2 aromatic rings. The fourth-order valence-corrected chi connectivity index (χ4v) is 1.77. The topological polar surface area (TPSA) is 50.9 Å². The minimum atomic E-state index is -4.52. The number of aromatic nitrogens is 3. The third kappa shape index (κ3) is 2.31. The van der Waals surface area contributed by atoms with E-state index in [1.165, 1.54) is 6.20 Å². The highest BCUT2D eigenvalue weighted by molar-refractivity contribution is 5.72. The lowest BCUT2D eigenvalue weighted by atomic mass is 10.3. The molecule has 0 aliphatic rings. The molecule has 0 aromatic carbocycles. The Bertz CT molecular complexity index is 562. The monoisotopic (exact) mass is 259 g/mol. The average molecular weight is 259 g/mol. The molecule has 0 bridgehead atoms. The number of pyridine rings is 1. The summed E-state index contributed by atoms with van der Waals surface area (Å²) in [4.78, 5) is 7.58. The standard InChI is InChI=1S/C11H12F3N3O/c1-7-5-8-9(15-6-7)17(3-2-4-18)10(16-8)11(12,13)14/h5-6,18H,2-4H2,1H3. The average Bonchev–Trinajstić information content (AvgIpc) is 2.63. The van der Waals surface area contributed by atoms with Crippen LogP contribution in [0.15, 0.2) is 12.3 Å². The van der Waals surface area contributed by atoms with E-state index in [2.05, 4.69) is 9.97 Å². The molecule has 2 heterocycles. The molecule has 0 amide bonds. The highest BCUT2D eigenvalue weighted by Crippen LogP contribution is 2.31. The molecule has 2 rings (SSSR count). The summed E-state index contributed by atoms with van der Waals surface area (Å²) in [6.45, 7) is 1.60. The number of fused-ring (bicyclic) bond motifs is 1. The van der Waals surface area contributed by atoms with Gasteiger partial charge in [-0.1, -0.05) is 0 Å². The first kappa shape index (κ1) is 12.8. The van der Waals surface area contributed by atoms with Gasteiger partial charge in [-0.25, -0.2) is 9.97 Å². The molecule has 0 radical (unpaired) electrons. The first-order valence-electron chi connectivity index (χ1n) is 5.44. The number of hydrogen-bond acceptors (Lipinski definition) is 3. The van der Waals surface area contributed by atoms with Crippen LogP contribution in [-0.2, 0) is 12.7 Å². The van der Waals surface area contributed by atoms with Crippen molar-refractivity contribution in [2.24, 2.45) is 0 Å². The molecule has 0 saturated carbocycles. The van der Waals surface area contributed by atoms with Gasteiger partial charge in [0.1, 0.15) is 5.52 Å². The molecule has 18 heavy (non-hydrogen) atoms. The van der Waals surface area contributed by atoms with Gasteiger partial charge in [0.2, 0.25) is 5.82 Å². The summed E-state index contributed by atoms with van der Waals surface area (Å²) < 4.78 is 39.5. The van der Waals surface area contributed by atoms with Crippen molar-refractivity contribution in [1.82, 2.24) is 14.5 Å². The molecular weight excluding hydrogens is 247 g/mol. The van der Waals surface area contributed by atoms with E-state index in [-0.39, 0.29) is 30.7 Å². The fraction of sp³-hybridized carbons (Fsp3) is 0.455. The Hall–Kier alpha value is -1.63. The SMILES string of the molecule is Cc1cnc2c(c1)nc(C(F)(F)F)n2CCCO. The van der Waals surface area contributed by atoms with E-state index in [9.17, 15) is 13.2 Å². The molecule has 4 nitrogen and oxygen atoms in total. The molecule has 2 aromatic heterocycles. The maximum Gasteiger partial charge on any atom is 0.449 e. The van der Waals surface area contributed by atoms with Crippen LogP contribution in [0.1, 0.15) is 17.8 Å². The number of nitrogens with zero attached hydrogens (tertiary/aromatic N) is 3. The number of halogens is 3. The van der Waals surface area contributed by atoms with Gasteiger partial charge < -0.3 is 9.67 Å².